The average molecular weight is 332 g/mol. The van der Waals surface area contributed by atoms with Crippen LogP contribution >= 0.6 is 11.5 Å². The highest BCUT2D eigenvalue weighted by Crippen LogP contribution is 2.26. The van der Waals surface area contributed by atoms with Crippen molar-refractivity contribution in [1.82, 2.24) is 24.5 Å². The van der Waals surface area contributed by atoms with Crippen LogP contribution in [0.4, 0.5) is 5.95 Å². The summed E-state index contributed by atoms with van der Waals surface area (Å²) in [5.41, 5.74) is 0.412. The zero-order chi connectivity index (χ0) is 15.6. The van der Waals surface area contributed by atoms with Gasteiger partial charge in [-0.1, -0.05) is 4.49 Å². The van der Waals surface area contributed by atoms with Crippen LogP contribution in [0, 0.1) is 5.92 Å². The van der Waals surface area contributed by atoms with Crippen molar-refractivity contribution in [3.05, 3.63) is 29.5 Å². The average Bonchev–Trinajstić information content (AvgIpc) is 3.21. The summed E-state index contributed by atoms with van der Waals surface area (Å²) in [6.07, 6.45) is 3.54. The van der Waals surface area contributed by atoms with E-state index in [2.05, 4.69) is 24.5 Å². The second-order valence-corrected chi connectivity index (χ2v) is 6.27. The lowest BCUT2D eigenvalue weighted by Crippen LogP contribution is -2.35. The van der Waals surface area contributed by atoms with Gasteiger partial charge in [0.25, 0.3) is 5.91 Å². The van der Waals surface area contributed by atoms with Gasteiger partial charge in [-0.15, -0.1) is 5.10 Å². The Kier molecular flexibility index (Phi) is 3.88. The molecule has 0 aromatic carbocycles. The standard InChI is InChI=1S/C14H16N6O2S/c21-13(11-9-23-18-17-11)20-7-10-6-19(4-5-22-12(10)8-20)14-15-2-1-3-16-14/h1-3,9-10,12H,4-8H2/t10-,12+/m0/s1. The number of nitrogens with zero attached hydrogens (tertiary/aromatic N) is 6. The predicted octanol–water partition coefficient (Wildman–Crippen LogP) is 0.305. The van der Waals surface area contributed by atoms with E-state index in [1.54, 1.807) is 28.7 Å². The number of fused-ring (bicyclic) bond motifs is 1. The summed E-state index contributed by atoms with van der Waals surface area (Å²) in [7, 11) is 0. The molecule has 4 heterocycles. The summed E-state index contributed by atoms with van der Waals surface area (Å²) in [5.74, 6) is 0.889. The quantitative estimate of drug-likeness (QED) is 0.782. The molecule has 0 saturated carbocycles. The molecule has 0 unspecified atom stereocenters. The molecule has 120 valence electrons. The van der Waals surface area contributed by atoms with E-state index >= 15 is 0 Å². The van der Waals surface area contributed by atoms with E-state index in [-0.39, 0.29) is 17.9 Å². The number of ether oxygens (including phenoxy) is 1. The van der Waals surface area contributed by atoms with Gasteiger partial charge in [-0.2, -0.15) is 0 Å². The molecule has 2 fully saturated rings. The Hall–Kier alpha value is -2.13. The number of rotatable bonds is 2. The Labute approximate surface area is 137 Å². The van der Waals surface area contributed by atoms with Gasteiger partial charge >= 0.3 is 0 Å². The van der Waals surface area contributed by atoms with Crippen molar-refractivity contribution in [2.75, 3.05) is 37.7 Å². The first-order chi connectivity index (χ1) is 11.3. The highest BCUT2D eigenvalue weighted by molar-refractivity contribution is 7.03. The highest BCUT2D eigenvalue weighted by Gasteiger charge is 2.39. The number of hydrogen-bond donors (Lipinski definition) is 0. The summed E-state index contributed by atoms with van der Waals surface area (Å²) in [6, 6.07) is 1.80. The molecule has 2 aliphatic heterocycles. The predicted molar refractivity (Wildman–Crippen MR) is 83.3 cm³/mol. The molecule has 2 aromatic heterocycles. The zero-order valence-corrected chi connectivity index (χ0v) is 13.2. The van der Waals surface area contributed by atoms with E-state index in [1.807, 2.05) is 0 Å². The fourth-order valence-corrected chi connectivity index (χ4v) is 3.55. The van der Waals surface area contributed by atoms with Gasteiger partial charge in [-0.3, -0.25) is 4.79 Å². The number of likely N-dealkylation sites (tertiary alicyclic amines) is 1. The Morgan fingerprint density at radius 2 is 2.13 bits per heavy atom. The summed E-state index contributed by atoms with van der Waals surface area (Å²) in [4.78, 5) is 25.0. The van der Waals surface area contributed by atoms with E-state index in [4.69, 9.17) is 4.74 Å². The Balaban J connectivity index is 1.47. The molecule has 9 heteroatoms. The summed E-state index contributed by atoms with van der Waals surface area (Å²) in [5, 5.41) is 5.55. The van der Waals surface area contributed by atoms with Gasteiger partial charge in [-0.25, -0.2) is 9.97 Å². The van der Waals surface area contributed by atoms with E-state index in [9.17, 15) is 4.79 Å². The van der Waals surface area contributed by atoms with Crippen LogP contribution < -0.4 is 4.90 Å². The largest absolute Gasteiger partial charge is 0.374 e. The van der Waals surface area contributed by atoms with Gasteiger partial charge in [-0.05, 0) is 17.6 Å². The highest BCUT2D eigenvalue weighted by atomic mass is 32.1. The minimum Gasteiger partial charge on any atom is -0.374 e. The first-order valence-corrected chi connectivity index (χ1v) is 8.35. The SMILES string of the molecule is O=C(c1csnn1)N1C[C@@H]2CN(c3ncccn3)CCO[C@@H]2C1. The van der Waals surface area contributed by atoms with E-state index in [0.29, 0.717) is 31.3 Å². The molecule has 8 nitrogen and oxygen atoms in total. The Morgan fingerprint density at radius 3 is 2.91 bits per heavy atom. The third kappa shape index (κ3) is 2.89. The molecule has 2 aliphatic rings. The molecule has 2 saturated heterocycles. The van der Waals surface area contributed by atoms with Crippen molar-refractivity contribution < 1.29 is 9.53 Å². The number of hydrogen-bond acceptors (Lipinski definition) is 8. The normalized spacial score (nSPS) is 24.3. The number of carbonyl (C=O) groups is 1. The van der Waals surface area contributed by atoms with Crippen LogP contribution in [0.3, 0.4) is 0 Å². The zero-order valence-electron chi connectivity index (χ0n) is 12.4. The Bertz CT molecular complexity index is 667. The molecule has 0 N–H and O–H groups in total. The van der Waals surface area contributed by atoms with Gasteiger partial charge in [0.05, 0.1) is 12.7 Å². The van der Waals surface area contributed by atoms with Crippen LogP contribution in [0.1, 0.15) is 10.5 Å². The molecule has 0 spiro atoms. The second kappa shape index (κ2) is 6.17. The van der Waals surface area contributed by atoms with Crippen LogP contribution in [0.2, 0.25) is 0 Å². The summed E-state index contributed by atoms with van der Waals surface area (Å²) >= 11 is 1.19. The van der Waals surface area contributed by atoms with Crippen molar-refractivity contribution in [3.8, 4) is 0 Å². The van der Waals surface area contributed by atoms with E-state index < -0.39 is 0 Å². The molecule has 2 aromatic rings. The summed E-state index contributed by atoms with van der Waals surface area (Å²) in [6.45, 7) is 3.42. The topological polar surface area (TPSA) is 84.3 Å². The van der Waals surface area contributed by atoms with Crippen molar-refractivity contribution in [3.63, 3.8) is 0 Å². The third-order valence-electron chi connectivity index (χ3n) is 4.23. The van der Waals surface area contributed by atoms with E-state index in [1.165, 1.54) is 11.5 Å². The van der Waals surface area contributed by atoms with Crippen molar-refractivity contribution in [1.29, 1.82) is 0 Å². The maximum atomic E-state index is 12.4. The van der Waals surface area contributed by atoms with Gasteiger partial charge in [0.1, 0.15) is 0 Å². The molecule has 4 rings (SSSR count). The minimum absolute atomic E-state index is 0.0549. The van der Waals surface area contributed by atoms with Gasteiger partial charge in [0, 0.05) is 49.9 Å². The third-order valence-corrected chi connectivity index (χ3v) is 4.73. The molecule has 0 bridgehead atoms. The number of amides is 1. The second-order valence-electron chi connectivity index (χ2n) is 5.66. The molecule has 0 aliphatic carbocycles. The molecule has 23 heavy (non-hydrogen) atoms. The molecular weight excluding hydrogens is 316 g/mol. The first-order valence-electron chi connectivity index (χ1n) is 7.51. The smallest absolute Gasteiger partial charge is 0.275 e. The Morgan fingerprint density at radius 1 is 1.26 bits per heavy atom. The maximum Gasteiger partial charge on any atom is 0.275 e. The van der Waals surface area contributed by atoms with Crippen molar-refractivity contribution in [2.24, 2.45) is 5.92 Å². The van der Waals surface area contributed by atoms with Crippen LogP contribution in [-0.4, -0.2) is 69.3 Å². The lowest BCUT2D eigenvalue weighted by atomic mass is 10.1. The molecular formula is C14H16N6O2S. The van der Waals surface area contributed by atoms with Gasteiger partial charge in [0.2, 0.25) is 5.95 Å². The fraction of sp³-hybridized carbons (Fsp3) is 0.500. The lowest BCUT2D eigenvalue weighted by Gasteiger charge is -2.23. The minimum atomic E-state index is -0.0714. The van der Waals surface area contributed by atoms with E-state index in [0.717, 1.165) is 13.1 Å². The fourth-order valence-electron chi connectivity index (χ4n) is 3.12. The van der Waals surface area contributed by atoms with Crippen molar-refractivity contribution in [2.45, 2.75) is 6.10 Å². The van der Waals surface area contributed by atoms with Crippen LogP contribution in [-0.2, 0) is 4.74 Å². The first kappa shape index (κ1) is 14.5. The molecule has 1 amide bonds. The molecule has 0 radical (unpaired) electrons. The van der Waals surface area contributed by atoms with Gasteiger partial charge < -0.3 is 14.5 Å². The summed E-state index contributed by atoms with van der Waals surface area (Å²) < 4.78 is 9.71. The maximum absolute atomic E-state index is 12.4. The van der Waals surface area contributed by atoms with Crippen LogP contribution in [0.25, 0.3) is 0 Å². The molecule has 2 atom stereocenters. The van der Waals surface area contributed by atoms with Gasteiger partial charge in [0.15, 0.2) is 5.69 Å². The number of aromatic nitrogens is 4. The van der Waals surface area contributed by atoms with Crippen LogP contribution in [0.5, 0.6) is 0 Å². The van der Waals surface area contributed by atoms with Crippen molar-refractivity contribution >= 4 is 23.4 Å². The van der Waals surface area contributed by atoms with Crippen LogP contribution in [0.15, 0.2) is 23.8 Å². The number of anilines is 1. The lowest BCUT2D eigenvalue weighted by molar-refractivity contribution is 0.0497. The monoisotopic (exact) mass is 332 g/mol. The number of carbonyl (C=O) groups excluding carboxylic acids is 1.